The smallest absolute Gasteiger partial charge is 0.416 e. The average Bonchev–Trinajstić information content (AvgIpc) is 2.55. The van der Waals surface area contributed by atoms with Gasteiger partial charge in [-0.3, -0.25) is 5.32 Å². The SMILES string of the molecule is NC(=O)Nc1cc2c(Br)cn(C(=O)O)c2cn1. The topological polar surface area (TPSA) is 110 Å². The molecule has 2 heterocycles. The normalized spacial score (nSPS) is 10.4. The third kappa shape index (κ3) is 2.07. The number of hydrogen-bond donors (Lipinski definition) is 3. The number of carbonyl (C=O) groups is 2. The molecule has 0 bridgehead atoms. The lowest BCUT2D eigenvalue weighted by molar-refractivity contribution is 0.197. The van der Waals surface area contributed by atoms with E-state index in [4.69, 9.17) is 10.8 Å². The number of carboxylic acid groups (broad SMARTS) is 1. The fraction of sp³-hybridized carbons (Fsp3) is 0. The van der Waals surface area contributed by atoms with E-state index in [1.54, 1.807) is 0 Å². The second-order valence-corrected chi connectivity index (χ2v) is 4.06. The summed E-state index contributed by atoms with van der Waals surface area (Å²) in [7, 11) is 0. The number of pyridine rings is 1. The molecule has 8 heteroatoms. The first-order chi connectivity index (χ1) is 7.99. The van der Waals surface area contributed by atoms with Gasteiger partial charge in [-0.1, -0.05) is 0 Å². The molecule has 0 fully saturated rings. The van der Waals surface area contributed by atoms with Gasteiger partial charge in [0.05, 0.1) is 11.7 Å². The Kier molecular flexibility index (Phi) is 2.72. The van der Waals surface area contributed by atoms with Crippen LogP contribution >= 0.6 is 15.9 Å². The van der Waals surface area contributed by atoms with Crippen LogP contribution in [-0.4, -0.2) is 26.8 Å². The molecule has 2 aromatic heterocycles. The number of rotatable bonds is 1. The molecule has 0 aliphatic carbocycles. The largest absolute Gasteiger partial charge is 0.464 e. The number of nitrogens with two attached hydrogens (primary N) is 1. The van der Waals surface area contributed by atoms with E-state index in [2.05, 4.69) is 26.2 Å². The molecule has 0 aliphatic rings. The Bertz CT molecular complexity index is 622. The first-order valence-electron chi connectivity index (χ1n) is 4.45. The van der Waals surface area contributed by atoms with Crippen molar-refractivity contribution in [1.82, 2.24) is 9.55 Å². The van der Waals surface area contributed by atoms with Crippen LogP contribution in [0.25, 0.3) is 10.9 Å². The Hall–Kier alpha value is -2.09. The van der Waals surface area contributed by atoms with Crippen LogP contribution in [0.15, 0.2) is 22.9 Å². The van der Waals surface area contributed by atoms with Crippen LogP contribution in [0.2, 0.25) is 0 Å². The number of urea groups is 1. The van der Waals surface area contributed by atoms with Crippen LogP contribution in [0, 0.1) is 0 Å². The van der Waals surface area contributed by atoms with Crippen molar-refractivity contribution in [3.63, 3.8) is 0 Å². The highest BCUT2D eigenvalue weighted by atomic mass is 79.9. The van der Waals surface area contributed by atoms with E-state index in [9.17, 15) is 9.59 Å². The number of nitrogens with zero attached hydrogens (tertiary/aromatic N) is 2. The first-order valence-corrected chi connectivity index (χ1v) is 5.24. The monoisotopic (exact) mass is 298 g/mol. The van der Waals surface area contributed by atoms with E-state index in [-0.39, 0.29) is 5.82 Å². The molecule has 0 spiro atoms. The first kappa shape index (κ1) is 11.4. The third-order valence-corrected chi connectivity index (χ3v) is 2.73. The Labute approximate surface area is 103 Å². The maximum atomic E-state index is 10.9. The molecule has 4 N–H and O–H groups in total. The standard InChI is InChI=1S/C9H7BrN4O3/c10-5-3-14(9(16)17)6-2-12-7(1-4(5)6)13-8(11)15/h1-3H,(H,16,17)(H3,11,12,13,15). The van der Waals surface area contributed by atoms with Gasteiger partial charge in [0, 0.05) is 16.1 Å². The van der Waals surface area contributed by atoms with Gasteiger partial charge in [-0.05, 0) is 22.0 Å². The summed E-state index contributed by atoms with van der Waals surface area (Å²) < 4.78 is 1.62. The van der Waals surface area contributed by atoms with E-state index in [1.165, 1.54) is 18.5 Å². The number of carbonyl (C=O) groups excluding carboxylic acids is 1. The van der Waals surface area contributed by atoms with Crippen LogP contribution in [0.4, 0.5) is 15.4 Å². The molecular weight excluding hydrogens is 292 g/mol. The molecule has 0 radical (unpaired) electrons. The Morgan fingerprint density at radius 2 is 2.24 bits per heavy atom. The Morgan fingerprint density at radius 3 is 2.82 bits per heavy atom. The lowest BCUT2D eigenvalue weighted by Gasteiger charge is -2.01. The second-order valence-electron chi connectivity index (χ2n) is 3.21. The van der Waals surface area contributed by atoms with Gasteiger partial charge < -0.3 is 10.8 Å². The second kappa shape index (κ2) is 4.06. The van der Waals surface area contributed by atoms with Crippen LogP contribution < -0.4 is 11.1 Å². The average molecular weight is 299 g/mol. The number of aromatic nitrogens is 2. The number of amides is 2. The van der Waals surface area contributed by atoms with Crippen LogP contribution in [-0.2, 0) is 0 Å². The predicted octanol–water partition coefficient (Wildman–Crippen LogP) is 1.82. The molecule has 0 saturated heterocycles. The van der Waals surface area contributed by atoms with Crippen molar-refractivity contribution in [3.8, 4) is 0 Å². The van der Waals surface area contributed by atoms with Gasteiger partial charge in [-0.15, -0.1) is 0 Å². The molecule has 2 amide bonds. The minimum absolute atomic E-state index is 0.258. The Balaban J connectivity index is 2.59. The van der Waals surface area contributed by atoms with Gasteiger partial charge in [0.1, 0.15) is 5.82 Å². The van der Waals surface area contributed by atoms with Crippen molar-refractivity contribution < 1.29 is 14.7 Å². The third-order valence-electron chi connectivity index (χ3n) is 2.10. The fourth-order valence-corrected chi connectivity index (χ4v) is 1.96. The summed E-state index contributed by atoms with van der Waals surface area (Å²) in [4.78, 5) is 25.5. The molecule has 0 atom stereocenters. The summed E-state index contributed by atoms with van der Waals surface area (Å²) >= 11 is 3.23. The van der Waals surface area contributed by atoms with E-state index in [1.807, 2.05) is 0 Å². The highest BCUT2D eigenvalue weighted by molar-refractivity contribution is 9.10. The van der Waals surface area contributed by atoms with E-state index >= 15 is 0 Å². The quantitative estimate of drug-likeness (QED) is 0.745. The summed E-state index contributed by atoms with van der Waals surface area (Å²) in [5, 5.41) is 11.9. The maximum absolute atomic E-state index is 10.9. The minimum atomic E-state index is -1.11. The molecule has 2 rings (SSSR count). The van der Waals surface area contributed by atoms with Gasteiger partial charge in [0.25, 0.3) is 0 Å². The number of halogens is 1. The van der Waals surface area contributed by atoms with Gasteiger partial charge in [-0.25, -0.2) is 19.1 Å². The number of anilines is 1. The van der Waals surface area contributed by atoms with Crippen LogP contribution in [0.1, 0.15) is 0 Å². The minimum Gasteiger partial charge on any atom is -0.464 e. The van der Waals surface area contributed by atoms with Crippen LogP contribution in [0.5, 0.6) is 0 Å². The van der Waals surface area contributed by atoms with Crippen molar-refractivity contribution in [1.29, 1.82) is 0 Å². The number of primary amides is 1. The van der Waals surface area contributed by atoms with Gasteiger partial charge >= 0.3 is 12.1 Å². The molecule has 0 unspecified atom stereocenters. The fourth-order valence-electron chi connectivity index (χ4n) is 1.44. The van der Waals surface area contributed by atoms with E-state index in [0.717, 1.165) is 4.57 Å². The molecule has 0 aliphatic heterocycles. The predicted molar refractivity (Wildman–Crippen MR) is 64.1 cm³/mol. The molecular formula is C9H7BrN4O3. The van der Waals surface area contributed by atoms with Gasteiger partial charge in [0.15, 0.2) is 0 Å². The summed E-state index contributed by atoms with van der Waals surface area (Å²) in [6.45, 7) is 0. The summed E-state index contributed by atoms with van der Waals surface area (Å²) in [6, 6.07) is 0.800. The van der Waals surface area contributed by atoms with Crippen LogP contribution in [0.3, 0.4) is 0 Å². The van der Waals surface area contributed by atoms with Gasteiger partial charge in [0.2, 0.25) is 0 Å². The number of hydrogen-bond acceptors (Lipinski definition) is 3. The Morgan fingerprint density at radius 1 is 1.53 bits per heavy atom. The molecule has 2 aromatic rings. The molecule has 88 valence electrons. The summed E-state index contributed by atoms with van der Waals surface area (Å²) in [5.41, 5.74) is 5.38. The summed E-state index contributed by atoms with van der Waals surface area (Å²) in [5.74, 6) is 0.258. The molecule has 0 saturated carbocycles. The van der Waals surface area contributed by atoms with E-state index in [0.29, 0.717) is 15.4 Å². The molecule has 0 aromatic carbocycles. The van der Waals surface area contributed by atoms with Crippen molar-refractivity contribution in [3.05, 3.63) is 22.9 Å². The van der Waals surface area contributed by atoms with Crippen molar-refractivity contribution in [2.45, 2.75) is 0 Å². The zero-order chi connectivity index (χ0) is 12.6. The lowest BCUT2D eigenvalue weighted by Crippen LogP contribution is -2.19. The zero-order valence-corrected chi connectivity index (χ0v) is 9.93. The molecule has 17 heavy (non-hydrogen) atoms. The molecule has 7 nitrogen and oxygen atoms in total. The maximum Gasteiger partial charge on any atom is 0.416 e. The number of fused-ring (bicyclic) bond motifs is 1. The van der Waals surface area contributed by atoms with E-state index < -0.39 is 12.1 Å². The van der Waals surface area contributed by atoms with Crippen molar-refractivity contribution in [2.75, 3.05) is 5.32 Å². The van der Waals surface area contributed by atoms with Crippen molar-refractivity contribution in [2.24, 2.45) is 5.73 Å². The lowest BCUT2D eigenvalue weighted by atomic mass is 10.3. The zero-order valence-electron chi connectivity index (χ0n) is 8.35. The van der Waals surface area contributed by atoms with Gasteiger partial charge in [-0.2, -0.15) is 0 Å². The summed E-state index contributed by atoms with van der Waals surface area (Å²) in [6.07, 6.45) is 1.64. The highest BCUT2D eigenvalue weighted by Gasteiger charge is 2.12. The van der Waals surface area contributed by atoms with Crippen molar-refractivity contribution >= 4 is 44.8 Å². The number of nitrogens with one attached hydrogen (secondary N) is 1. The highest BCUT2D eigenvalue weighted by Crippen LogP contribution is 2.27.